The Morgan fingerprint density at radius 2 is 1.70 bits per heavy atom. The summed E-state index contributed by atoms with van der Waals surface area (Å²) in [5, 5.41) is 3.78. The summed E-state index contributed by atoms with van der Waals surface area (Å²) in [5.41, 5.74) is 3.48. The van der Waals surface area contributed by atoms with Crippen molar-refractivity contribution in [3.63, 3.8) is 0 Å². The van der Waals surface area contributed by atoms with Gasteiger partial charge in [0.25, 0.3) is 0 Å². The minimum atomic E-state index is 0.475. The van der Waals surface area contributed by atoms with Crippen LogP contribution in [0.1, 0.15) is 70.4 Å². The third-order valence-electron chi connectivity index (χ3n) is 5.61. The van der Waals surface area contributed by atoms with Crippen molar-refractivity contribution in [3.8, 4) is 0 Å². The lowest BCUT2D eigenvalue weighted by Gasteiger charge is -2.57. The van der Waals surface area contributed by atoms with Gasteiger partial charge in [0.1, 0.15) is 0 Å². The molecule has 0 aliphatic heterocycles. The number of aryl methyl sites for hydroxylation is 1. The van der Waals surface area contributed by atoms with E-state index in [0.29, 0.717) is 11.5 Å². The Kier molecular flexibility index (Phi) is 5.26. The summed E-state index contributed by atoms with van der Waals surface area (Å²) >= 11 is 0. The van der Waals surface area contributed by atoms with Gasteiger partial charge in [0.2, 0.25) is 0 Å². The Balaban J connectivity index is 2.15. The van der Waals surface area contributed by atoms with Gasteiger partial charge in [0.15, 0.2) is 0 Å². The smallest absolute Gasteiger partial charge is 0.0135 e. The van der Waals surface area contributed by atoms with E-state index in [4.69, 9.17) is 0 Å². The van der Waals surface area contributed by atoms with Crippen molar-refractivity contribution in [1.29, 1.82) is 0 Å². The topological polar surface area (TPSA) is 12.0 Å². The molecule has 1 N–H and O–H groups in total. The van der Waals surface area contributed by atoms with Crippen molar-refractivity contribution in [1.82, 2.24) is 5.32 Å². The summed E-state index contributed by atoms with van der Waals surface area (Å²) < 4.78 is 0. The molecule has 0 aromatic heterocycles. The van der Waals surface area contributed by atoms with Crippen molar-refractivity contribution < 1.29 is 0 Å². The van der Waals surface area contributed by atoms with Crippen LogP contribution in [0.15, 0.2) is 24.3 Å². The summed E-state index contributed by atoms with van der Waals surface area (Å²) in [7, 11) is 0. The molecule has 1 saturated carbocycles. The second kappa shape index (κ2) is 6.76. The molecular formula is C19H31N. The first-order chi connectivity index (χ1) is 9.71. The fourth-order valence-electron chi connectivity index (χ4n) is 4.08. The zero-order valence-electron chi connectivity index (χ0n) is 13.7. The highest BCUT2D eigenvalue weighted by molar-refractivity contribution is 5.31. The molecule has 1 heteroatoms. The first-order valence-electron chi connectivity index (χ1n) is 8.54. The van der Waals surface area contributed by atoms with Gasteiger partial charge in [-0.3, -0.25) is 0 Å². The Morgan fingerprint density at radius 1 is 1.05 bits per heavy atom. The standard InChI is InChI=1S/C19H31N/c1-5-13-20-18-14-17(19(18,7-3)8-4)16-11-9-15(6-2)10-12-16/h9-12,17-18,20H,5-8,13-14H2,1-4H3. The van der Waals surface area contributed by atoms with E-state index in [1.807, 2.05) is 0 Å². The zero-order chi connectivity index (χ0) is 14.6. The molecule has 0 saturated heterocycles. The molecule has 2 atom stereocenters. The molecule has 0 amide bonds. The SMILES string of the molecule is CCCNC1CC(c2ccc(CC)cc2)C1(CC)CC. The molecular weight excluding hydrogens is 242 g/mol. The van der Waals surface area contributed by atoms with Crippen LogP contribution in [0.25, 0.3) is 0 Å². The van der Waals surface area contributed by atoms with E-state index in [-0.39, 0.29) is 0 Å². The normalized spacial score (nSPS) is 24.4. The average molecular weight is 273 g/mol. The highest BCUT2D eigenvalue weighted by Gasteiger charge is 2.52. The quantitative estimate of drug-likeness (QED) is 0.744. The van der Waals surface area contributed by atoms with Gasteiger partial charge in [-0.2, -0.15) is 0 Å². The van der Waals surface area contributed by atoms with E-state index in [0.717, 1.165) is 18.9 Å². The number of benzene rings is 1. The molecule has 20 heavy (non-hydrogen) atoms. The number of rotatable bonds is 7. The van der Waals surface area contributed by atoms with Crippen LogP contribution < -0.4 is 5.32 Å². The molecule has 1 aromatic carbocycles. The summed E-state index contributed by atoms with van der Waals surface area (Å²) in [5.74, 6) is 0.748. The minimum absolute atomic E-state index is 0.475. The largest absolute Gasteiger partial charge is 0.313 e. The van der Waals surface area contributed by atoms with Crippen LogP contribution in [0, 0.1) is 5.41 Å². The molecule has 1 aliphatic carbocycles. The Bertz CT molecular complexity index is 402. The first kappa shape index (κ1) is 15.6. The van der Waals surface area contributed by atoms with Crippen LogP contribution in [0.2, 0.25) is 0 Å². The molecule has 2 rings (SSSR count). The highest BCUT2D eigenvalue weighted by Crippen LogP contribution is 2.57. The van der Waals surface area contributed by atoms with Crippen LogP contribution in [0.4, 0.5) is 0 Å². The van der Waals surface area contributed by atoms with Crippen molar-refractivity contribution >= 4 is 0 Å². The maximum atomic E-state index is 3.78. The predicted octanol–water partition coefficient (Wildman–Crippen LogP) is 4.91. The van der Waals surface area contributed by atoms with Gasteiger partial charge >= 0.3 is 0 Å². The lowest BCUT2D eigenvalue weighted by Crippen LogP contribution is -2.58. The molecule has 1 nitrogen and oxygen atoms in total. The fraction of sp³-hybridized carbons (Fsp3) is 0.684. The Morgan fingerprint density at radius 3 is 2.20 bits per heavy atom. The molecule has 0 spiro atoms. The molecule has 1 fully saturated rings. The second-order valence-electron chi connectivity index (χ2n) is 6.33. The maximum absolute atomic E-state index is 3.78. The van der Waals surface area contributed by atoms with E-state index in [1.165, 1.54) is 31.2 Å². The first-order valence-corrected chi connectivity index (χ1v) is 8.54. The van der Waals surface area contributed by atoms with Gasteiger partial charge in [-0.15, -0.1) is 0 Å². The lowest BCUT2D eigenvalue weighted by molar-refractivity contribution is 0.0202. The van der Waals surface area contributed by atoms with Crippen LogP contribution in [-0.4, -0.2) is 12.6 Å². The molecule has 112 valence electrons. The minimum Gasteiger partial charge on any atom is -0.313 e. The second-order valence-corrected chi connectivity index (χ2v) is 6.33. The number of hydrogen-bond acceptors (Lipinski definition) is 1. The third kappa shape index (κ3) is 2.65. The fourth-order valence-corrected chi connectivity index (χ4v) is 4.08. The lowest BCUT2D eigenvalue weighted by atomic mass is 9.51. The molecule has 0 bridgehead atoms. The van der Waals surface area contributed by atoms with Gasteiger partial charge in [-0.05, 0) is 61.1 Å². The van der Waals surface area contributed by atoms with Crippen LogP contribution >= 0.6 is 0 Å². The number of nitrogens with one attached hydrogen (secondary N) is 1. The van der Waals surface area contributed by atoms with Crippen molar-refractivity contribution in [3.05, 3.63) is 35.4 Å². The highest BCUT2D eigenvalue weighted by atomic mass is 15.0. The molecule has 1 aromatic rings. The van der Waals surface area contributed by atoms with E-state index >= 15 is 0 Å². The van der Waals surface area contributed by atoms with Gasteiger partial charge in [0.05, 0.1) is 0 Å². The van der Waals surface area contributed by atoms with E-state index in [2.05, 4.69) is 57.3 Å². The monoisotopic (exact) mass is 273 g/mol. The molecule has 2 unspecified atom stereocenters. The van der Waals surface area contributed by atoms with Crippen LogP contribution in [0.5, 0.6) is 0 Å². The van der Waals surface area contributed by atoms with Gasteiger partial charge in [-0.25, -0.2) is 0 Å². The summed E-state index contributed by atoms with van der Waals surface area (Å²) in [4.78, 5) is 0. The van der Waals surface area contributed by atoms with E-state index in [1.54, 1.807) is 5.56 Å². The van der Waals surface area contributed by atoms with E-state index < -0.39 is 0 Å². The average Bonchev–Trinajstić information content (AvgIpc) is 2.48. The van der Waals surface area contributed by atoms with Crippen LogP contribution in [-0.2, 0) is 6.42 Å². The summed E-state index contributed by atoms with van der Waals surface area (Å²) in [6.07, 6.45) is 6.25. The van der Waals surface area contributed by atoms with Crippen molar-refractivity contribution in [2.75, 3.05) is 6.54 Å². The van der Waals surface area contributed by atoms with Crippen molar-refractivity contribution in [2.45, 2.75) is 71.8 Å². The van der Waals surface area contributed by atoms with Crippen molar-refractivity contribution in [2.24, 2.45) is 5.41 Å². The Labute approximate surface area is 125 Å². The van der Waals surface area contributed by atoms with Gasteiger partial charge in [-0.1, -0.05) is 52.0 Å². The van der Waals surface area contributed by atoms with Gasteiger partial charge < -0.3 is 5.32 Å². The predicted molar refractivity (Wildman–Crippen MR) is 88.3 cm³/mol. The molecule has 1 aliphatic rings. The van der Waals surface area contributed by atoms with Gasteiger partial charge in [0, 0.05) is 6.04 Å². The summed E-state index contributed by atoms with van der Waals surface area (Å²) in [6.45, 7) is 10.4. The van der Waals surface area contributed by atoms with E-state index in [9.17, 15) is 0 Å². The molecule has 0 heterocycles. The molecule has 0 radical (unpaired) electrons. The summed E-state index contributed by atoms with van der Waals surface area (Å²) in [6, 6.07) is 10.1. The Hall–Kier alpha value is -0.820. The van der Waals surface area contributed by atoms with Crippen LogP contribution in [0.3, 0.4) is 0 Å². The zero-order valence-corrected chi connectivity index (χ0v) is 13.7. The number of hydrogen-bond donors (Lipinski definition) is 1. The third-order valence-corrected chi connectivity index (χ3v) is 5.61. The maximum Gasteiger partial charge on any atom is 0.0135 e.